The molecule has 7 atom stereocenters. The van der Waals surface area contributed by atoms with Crippen LogP contribution in [0.1, 0.15) is 290 Å². The second-order valence-corrected chi connectivity index (χ2v) is 22.4. The van der Waals surface area contributed by atoms with Crippen LogP contribution in [0.5, 0.6) is 0 Å². The molecule has 0 radical (unpaired) electrons. The van der Waals surface area contributed by atoms with Gasteiger partial charge < -0.3 is 45.1 Å². The molecular weight excluding hydrogens is 979 g/mol. The Bertz CT molecular complexity index is 1480. The van der Waals surface area contributed by atoms with E-state index in [9.17, 15) is 35.1 Å². The zero-order valence-electron chi connectivity index (χ0n) is 50.1. The number of aliphatic hydroxyl groups excluding tert-OH is 5. The molecule has 0 aromatic heterocycles. The summed E-state index contributed by atoms with van der Waals surface area (Å²) in [6, 6.07) is -0.835. The second kappa shape index (κ2) is 56.2. The van der Waals surface area contributed by atoms with E-state index in [1.165, 1.54) is 186 Å². The van der Waals surface area contributed by atoms with Gasteiger partial charge in [-0.15, -0.1) is 0 Å². The van der Waals surface area contributed by atoms with Crippen LogP contribution in [0.4, 0.5) is 0 Å². The third-order valence-corrected chi connectivity index (χ3v) is 15.0. The summed E-state index contributed by atoms with van der Waals surface area (Å²) in [6.45, 7) is 4.22. The molecule has 1 rings (SSSR count). The summed E-state index contributed by atoms with van der Waals surface area (Å²) in [4.78, 5) is 25.0. The number of carbonyl (C=O) groups excluding carboxylic acids is 2. The van der Waals surface area contributed by atoms with Crippen LogP contribution in [0, 0.1) is 0 Å². The first-order valence-corrected chi connectivity index (χ1v) is 32.6. The van der Waals surface area contributed by atoms with Gasteiger partial charge in [-0.2, -0.15) is 0 Å². The van der Waals surface area contributed by atoms with Gasteiger partial charge in [0.1, 0.15) is 24.4 Å². The molecule has 11 nitrogen and oxygen atoms in total. The molecule has 6 N–H and O–H groups in total. The van der Waals surface area contributed by atoms with E-state index in [0.717, 1.165) is 77.0 Å². The highest BCUT2D eigenvalue weighted by Crippen LogP contribution is 2.23. The molecule has 1 saturated heterocycles. The molecule has 1 aliphatic rings. The molecule has 0 aliphatic carbocycles. The van der Waals surface area contributed by atoms with Crippen LogP contribution >= 0.6 is 0 Å². The lowest BCUT2D eigenvalue weighted by Gasteiger charge is -2.40. The average molecular weight is 1100 g/mol. The minimum atomic E-state index is -1.58. The number of nitrogens with one attached hydrogen (secondary N) is 1. The molecular formula is C67H121NO10. The van der Waals surface area contributed by atoms with Gasteiger partial charge in [0, 0.05) is 12.8 Å². The number of amides is 1. The molecule has 1 fully saturated rings. The third-order valence-electron chi connectivity index (χ3n) is 15.0. The highest BCUT2D eigenvalue weighted by Gasteiger charge is 2.44. The number of esters is 1. The number of ether oxygens (including phenoxy) is 3. The molecule has 0 bridgehead atoms. The fraction of sp³-hybridized carbons (Fsp3) is 0.821. The first kappa shape index (κ1) is 73.4. The standard InChI is InChI=1S/C67H121NO10/c1-3-5-7-9-11-13-33-37-41-45-49-53-60(70)59(58-77-67-66(75)65(74)64(73)61(57-69)78-67)68-62(71)54-50-46-42-38-35-31-29-27-25-23-21-19-17-15-16-18-20-22-24-26-28-30-32-36-40-44-48-52-56-76-63(72)55-51-47-43-39-34-14-12-10-8-6-4-2/h7,9-10,12,15-16,33,37,49,53,59-61,64-67,69-70,73-75H,3-6,8,11,13-14,17-32,34-36,38-48,50-52,54-58H2,1-2H3,(H,68,71)/b9-7+,12-10-,16-15-,37-33+,53-49+. The maximum absolute atomic E-state index is 13.0. The smallest absolute Gasteiger partial charge is 0.305 e. The highest BCUT2D eigenvalue weighted by molar-refractivity contribution is 5.76. The van der Waals surface area contributed by atoms with Crippen molar-refractivity contribution in [3.63, 3.8) is 0 Å². The Morgan fingerprint density at radius 2 is 0.859 bits per heavy atom. The lowest BCUT2D eigenvalue weighted by molar-refractivity contribution is -0.302. The zero-order chi connectivity index (χ0) is 56.6. The normalized spacial score (nSPS) is 18.9. The molecule has 1 aliphatic heterocycles. The Hall–Kier alpha value is -2.64. The van der Waals surface area contributed by atoms with Gasteiger partial charge in [0.2, 0.25) is 5.91 Å². The lowest BCUT2D eigenvalue weighted by Crippen LogP contribution is -2.60. The number of carbonyl (C=O) groups is 2. The Morgan fingerprint density at radius 1 is 0.462 bits per heavy atom. The van der Waals surface area contributed by atoms with Gasteiger partial charge in [0.05, 0.1) is 32.0 Å². The van der Waals surface area contributed by atoms with E-state index in [4.69, 9.17) is 14.2 Å². The number of hydrogen-bond donors (Lipinski definition) is 6. The molecule has 0 spiro atoms. The van der Waals surface area contributed by atoms with Crippen LogP contribution in [0.25, 0.3) is 0 Å². The molecule has 1 heterocycles. The van der Waals surface area contributed by atoms with E-state index < -0.39 is 49.5 Å². The number of rotatable bonds is 56. The van der Waals surface area contributed by atoms with Crippen molar-refractivity contribution >= 4 is 11.9 Å². The predicted molar refractivity (Wildman–Crippen MR) is 324 cm³/mol. The van der Waals surface area contributed by atoms with Crippen molar-refractivity contribution in [2.24, 2.45) is 0 Å². The fourth-order valence-corrected chi connectivity index (χ4v) is 9.86. The van der Waals surface area contributed by atoms with E-state index in [1.807, 2.05) is 6.08 Å². The Labute approximate surface area is 478 Å². The highest BCUT2D eigenvalue weighted by atomic mass is 16.7. The van der Waals surface area contributed by atoms with Crippen molar-refractivity contribution in [2.75, 3.05) is 19.8 Å². The maximum atomic E-state index is 13.0. The minimum absolute atomic E-state index is 0.00551. The van der Waals surface area contributed by atoms with Gasteiger partial charge in [-0.25, -0.2) is 0 Å². The van der Waals surface area contributed by atoms with Crippen molar-refractivity contribution in [3.8, 4) is 0 Å². The van der Waals surface area contributed by atoms with E-state index in [0.29, 0.717) is 19.4 Å². The molecule has 0 aromatic rings. The molecule has 0 aromatic carbocycles. The summed E-state index contributed by atoms with van der Waals surface area (Å²) in [6.07, 6.45) is 63.5. The summed E-state index contributed by atoms with van der Waals surface area (Å²) < 4.78 is 16.7. The van der Waals surface area contributed by atoms with Crippen LogP contribution in [-0.4, -0.2) is 100 Å². The quantitative estimate of drug-likeness (QED) is 0.0195. The van der Waals surface area contributed by atoms with Crippen LogP contribution in [-0.2, 0) is 23.8 Å². The van der Waals surface area contributed by atoms with Crippen LogP contribution in [0.3, 0.4) is 0 Å². The summed E-state index contributed by atoms with van der Waals surface area (Å²) in [5.74, 6) is -0.204. The van der Waals surface area contributed by atoms with E-state index in [1.54, 1.807) is 6.08 Å². The van der Waals surface area contributed by atoms with Crippen molar-refractivity contribution in [3.05, 3.63) is 60.8 Å². The second-order valence-electron chi connectivity index (χ2n) is 22.4. The Morgan fingerprint density at radius 3 is 1.32 bits per heavy atom. The predicted octanol–water partition coefficient (Wildman–Crippen LogP) is 15.8. The fourth-order valence-electron chi connectivity index (χ4n) is 9.86. The Kier molecular flexibility index (Phi) is 52.9. The van der Waals surface area contributed by atoms with Gasteiger partial charge in [0.25, 0.3) is 0 Å². The van der Waals surface area contributed by atoms with Gasteiger partial charge >= 0.3 is 5.97 Å². The van der Waals surface area contributed by atoms with Gasteiger partial charge in [0.15, 0.2) is 6.29 Å². The first-order valence-electron chi connectivity index (χ1n) is 32.6. The van der Waals surface area contributed by atoms with Crippen molar-refractivity contribution in [1.29, 1.82) is 0 Å². The summed E-state index contributed by atoms with van der Waals surface area (Å²) in [7, 11) is 0. The van der Waals surface area contributed by atoms with Crippen molar-refractivity contribution in [2.45, 2.75) is 333 Å². The monoisotopic (exact) mass is 1100 g/mol. The van der Waals surface area contributed by atoms with Gasteiger partial charge in [-0.05, 0) is 96.3 Å². The van der Waals surface area contributed by atoms with Crippen molar-refractivity contribution in [1.82, 2.24) is 5.32 Å². The summed E-state index contributed by atoms with van der Waals surface area (Å²) in [5.41, 5.74) is 0. The molecule has 454 valence electrons. The lowest BCUT2D eigenvalue weighted by atomic mass is 9.99. The molecule has 11 heteroatoms. The number of allylic oxidation sites excluding steroid dienone is 9. The van der Waals surface area contributed by atoms with Crippen molar-refractivity contribution < 1.29 is 49.3 Å². The van der Waals surface area contributed by atoms with Gasteiger partial charge in [-0.3, -0.25) is 9.59 Å². The maximum Gasteiger partial charge on any atom is 0.305 e. The van der Waals surface area contributed by atoms with Crippen LogP contribution in [0.15, 0.2) is 60.8 Å². The Balaban J connectivity index is 1.99. The number of aliphatic hydroxyl groups is 5. The first-order chi connectivity index (χ1) is 38.2. The average Bonchev–Trinajstić information content (AvgIpc) is 3.44. The van der Waals surface area contributed by atoms with E-state index >= 15 is 0 Å². The SMILES string of the molecule is CCC/C=C/CC/C=C/CC/C=C/C(O)C(COC1OC(CO)C(O)C(O)C1O)NC(=O)CCCCCCCCCCCCCC/C=C\CCCCCCCCCCCCCCOC(=O)CCCCCCC/C=C\CCCC. The molecule has 0 saturated carbocycles. The molecule has 7 unspecified atom stereocenters. The molecule has 1 amide bonds. The third kappa shape index (κ3) is 45.0. The van der Waals surface area contributed by atoms with Crippen LogP contribution < -0.4 is 5.32 Å². The van der Waals surface area contributed by atoms with E-state index in [2.05, 4.69) is 67.8 Å². The number of hydrogen-bond acceptors (Lipinski definition) is 10. The largest absolute Gasteiger partial charge is 0.466 e. The minimum Gasteiger partial charge on any atom is -0.466 e. The summed E-state index contributed by atoms with van der Waals surface area (Å²) in [5, 5.41) is 54.3. The molecule has 78 heavy (non-hydrogen) atoms. The topological polar surface area (TPSA) is 175 Å². The van der Waals surface area contributed by atoms with Gasteiger partial charge in [-0.1, -0.05) is 242 Å². The summed E-state index contributed by atoms with van der Waals surface area (Å²) >= 11 is 0. The van der Waals surface area contributed by atoms with E-state index in [-0.39, 0.29) is 18.5 Å². The number of unbranched alkanes of at least 4 members (excludes halogenated alkanes) is 34. The van der Waals surface area contributed by atoms with Crippen LogP contribution in [0.2, 0.25) is 0 Å². The zero-order valence-corrected chi connectivity index (χ0v) is 50.1.